The Morgan fingerprint density at radius 2 is 1.44 bits per heavy atom. The van der Waals surface area contributed by atoms with E-state index in [-0.39, 0.29) is 17.4 Å². The number of aromatic nitrogens is 2. The Hall–Kier alpha value is -1.43. The van der Waals surface area contributed by atoms with Crippen molar-refractivity contribution in [2.75, 3.05) is 0 Å². The Labute approximate surface area is 117 Å². The molecule has 0 aliphatic carbocycles. The quantitative estimate of drug-likeness (QED) is 0.650. The van der Waals surface area contributed by atoms with Gasteiger partial charge in [0.2, 0.25) is 5.88 Å². The highest BCUT2D eigenvalue weighted by Gasteiger charge is 1.98. The SMILES string of the molecule is Clc1cc(Cl)c(Cl)cn1.Oc1cc(O)c(O)cn1. The number of halogens is 3. The third-order valence-corrected chi connectivity index (χ3v) is 2.54. The monoisotopic (exact) mass is 308 g/mol. The van der Waals surface area contributed by atoms with Gasteiger partial charge in [0.15, 0.2) is 11.5 Å². The second-order valence-corrected chi connectivity index (χ2v) is 4.15. The topological polar surface area (TPSA) is 86.5 Å². The molecule has 0 fully saturated rings. The first kappa shape index (κ1) is 14.6. The molecule has 2 aromatic rings. The Morgan fingerprint density at radius 1 is 0.778 bits per heavy atom. The van der Waals surface area contributed by atoms with Crippen LogP contribution in [-0.2, 0) is 0 Å². The maximum absolute atomic E-state index is 8.65. The molecule has 0 bridgehead atoms. The van der Waals surface area contributed by atoms with Crippen LogP contribution in [-0.4, -0.2) is 25.3 Å². The summed E-state index contributed by atoms with van der Waals surface area (Å²) in [6.45, 7) is 0. The lowest BCUT2D eigenvalue weighted by molar-refractivity contribution is 0.388. The first-order chi connectivity index (χ1) is 8.40. The van der Waals surface area contributed by atoms with Gasteiger partial charge in [-0.1, -0.05) is 34.8 Å². The zero-order chi connectivity index (χ0) is 13.7. The maximum Gasteiger partial charge on any atom is 0.214 e. The van der Waals surface area contributed by atoms with Crippen LogP contribution in [0.3, 0.4) is 0 Å². The summed E-state index contributed by atoms with van der Waals surface area (Å²) in [4.78, 5) is 6.97. The third-order valence-electron chi connectivity index (χ3n) is 1.62. The molecule has 5 nitrogen and oxygen atoms in total. The number of rotatable bonds is 0. The van der Waals surface area contributed by atoms with E-state index in [9.17, 15) is 0 Å². The predicted octanol–water partition coefficient (Wildman–Crippen LogP) is 3.24. The van der Waals surface area contributed by atoms with Gasteiger partial charge in [0.25, 0.3) is 0 Å². The predicted molar refractivity (Wildman–Crippen MR) is 68.5 cm³/mol. The molecule has 0 unspecified atom stereocenters. The van der Waals surface area contributed by atoms with E-state index in [0.717, 1.165) is 12.3 Å². The first-order valence-corrected chi connectivity index (χ1v) is 5.57. The summed E-state index contributed by atoms with van der Waals surface area (Å²) in [6.07, 6.45) is 2.37. The fourth-order valence-electron chi connectivity index (χ4n) is 0.818. The minimum Gasteiger partial charge on any atom is -0.504 e. The van der Waals surface area contributed by atoms with Crippen LogP contribution in [0.15, 0.2) is 24.5 Å². The van der Waals surface area contributed by atoms with Gasteiger partial charge in [0, 0.05) is 12.3 Å². The lowest BCUT2D eigenvalue weighted by Gasteiger charge is -1.94. The van der Waals surface area contributed by atoms with Crippen LogP contribution in [0.25, 0.3) is 0 Å². The van der Waals surface area contributed by atoms with E-state index in [1.54, 1.807) is 0 Å². The average molecular weight is 310 g/mol. The normalized spacial score (nSPS) is 9.50. The highest BCUT2D eigenvalue weighted by atomic mass is 35.5. The fourth-order valence-corrected chi connectivity index (χ4v) is 1.29. The third kappa shape index (κ3) is 4.44. The van der Waals surface area contributed by atoms with Crippen molar-refractivity contribution < 1.29 is 15.3 Å². The van der Waals surface area contributed by atoms with Crippen LogP contribution in [0.1, 0.15) is 0 Å². The molecular formula is C10H7Cl3N2O3. The second kappa shape index (κ2) is 6.49. The summed E-state index contributed by atoms with van der Waals surface area (Å²) in [5.41, 5.74) is 0. The van der Waals surface area contributed by atoms with Crippen molar-refractivity contribution >= 4 is 34.8 Å². The highest BCUT2D eigenvalue weighted by Crippen LogP contribution is 2.25. The molecule has 0 saturated carbocycles. The van der Waals surface area contributed by atoms with Crippen LogP contribution >= 0.6 is 34.8 Å². The van der Waals surface area contributed by atoms with Gasteiger partial charge in [-0.15, -0.1) is 0 Å². The Bertz CT molecular complexity index is 502. The maximum atomic E-state index is 8.65. The van der Waals surface area contributed by atoms with Crippen molar-refractivity contribution in [2.24, 2.45) is 0 Å². The van der Waals surface area contributed by atoms with E-state index in [4.69, 9.17) is 50.1 Å². The number of pyridine rings is 2. The molecule has 0 spiro atoms. The van der Waals surface area contributed by atoms with E-state index < -0.39 is 0 Å². The lowest BCUT2D eigenvalue weighted by atomic mass is 10.4. The van der Waals surface area contributed by atoms with Gasteiger partial charge >= 0.3 is 0 Å². The molecule has 2 heterocycles. The van der Waals surface area contributed by atoms with E-state index in [2.05, 4.69) is 9.97 Å². The van der Waals surface area contributed by atoms with Crippen molar-refractivity contribution in [1.82, 2.24) is 9.97 Å². The largest absolute Gasteiger partial charge is 0.504 e. The standard InChI is InChI=1S/C5H2Cl3N.C5H5NO3/c6-3-1-5(8)9-2-4(3)7;7-3-1-5(9)6-2-4(3)8/h1-2H;1-2,8H,(H2,6,7,9). The van der Waals surface area contributed by atoms with Gasteiger partial charge in [0.05, 0.1) is 16.2 Å². The Balaban J connectivity index is 0.000000180. The number of aromatic hydroxyl groups is 3. The molecule has 8 heteroatoms. The zero-order valence-electron chi connectivity index (χ0n) is 8.68. The number of hydrogen-bond donors (Lipinski definition) is 3. The molecule has 18 heavy (non-hydrogen) atoms. The van der Waals surface area contributed by atoms with Gasteiger partial charge in [-0.05, 0) is 6.07 Å². The van der Waals surface area contributed by atoms with E-state index in [0.29, 0.717) is 15.2 Å². The molecule has 0 aromatic carbocycles. The molecule has 0 radical (unpaired) electrons. The summed E-state index contributed by atoms with van der Waals surface area (Å²) >= 11 is 16.5. The molecular weight excluding hydrogens is 302 g/mol. The van der Waals surface area contributed by atoms with Crippen molar-refractivity contribution in [2.45, 2.75) is 0 Å². The summed E-state index contributed by atoms with van der Waals surface area (Å²) in [6, 6.07) is 2.45. The molecule has 96 valence electrons. The molecule has 0 aliphatic rings. The Morgan fingerprint density at radius 3 is 1.89 bits per heavy atom. The Kier molecular flexibility index (Phi) is 5.27. The number of nitrogens with zero attached hydrogens (tertiary/aromatic N) is 2. The molecule has 0 atom stereocenters. The van der Waals surface area contributed by atoms with Crippen LogP contribution in [0.2, 0.25) is 15.2 Å². The molecule has 3 N–H and O–H groups in total. The summed E-state index contributed by atoms with van der Waals surface area (Å²) in [5, 5.41) is 27.0. The van der Waals surface area contributed by atoms with Crippen LogP contribution < -0.4 is 0 Å². The smallest absolute Gasteiger partial charge is 0.214 e. The minimum atomic E-state index is -0.373. The van der Waals surface area contributed by atoms with Gasteiger partial charge in [-0.3, -0.25) is 0 Å². The molecule has 0 saturated heterocycles. The van der Waals surface area contributed by atoms with Gasteiger partial charge in [-0.2, -0.15) is 0 Å². The van der Waals surface area contributed by atoms with E-state index in [1.807, 2.05) is 0 Å². The van der Waals surface area contributed by atoms with E-state index >= 15 is 0 Å². The summed E-state index contributed by atoms with van der Waals surface area (Å²) in [5.74, 6) is -1.03. The van der Waals surface area contributed by atoms with Crippen molar-refractivity contribution in [3.8, 4) is 17.4 Å². The fraction of sp³-hybridized carbons (Fsp3) is 0. The van der Waals surface area contributed by atoms with Gasteiger partial charge in [-0.25, -0.2) is 9.97 Å². The van der Waals surface area contributed by atoms with Crippen LogP contribution in [0, 0.1) is 0 Å². The summed E-state index contributed by atoms with van der Waals surface area (Å²) in [7, 11) is 0. The van der Waals surface area contributed by atoms with Crippen LogP contribution in [0.5, 0.6) is 17.4 Å². The summed E-state index contributed by atoms with van der Waals surface area (Å²) < 4.78 is 0. The van der Waals surface area contributed by atoms with Crippen molar-refractivity contribution in [3.05, 3.63) is 39.7 Å². The van der Waals surface area contributed by atoms with E-state index in [1.165, 1.54) is 12.3 Å². The zero-order valence-corrected chi connectivity index (χ0v) is 10.9. The molecule has 0 amide bonds. The van der Waals surface area contributed by atoms with Gasteiger partial charge in [0.1, 0.15) is 5.15 Å². The van der Waals surface area contributed by atoms with Crippen molar-refractivity contribution in [3.63, 3.8) is 0 Å². The molecule has 2 rings (SSSR count). The van der Waals surface area contributed by atoms with Crippen LogP contribution in [0.4, 0.5) is 0 Å². The lowest BCUT2D eigenvalue weighted by Crippen LogP contribution is -1.73. The minimum absolute atomic E-state index is 0.315. The highest BCUT2D eigenvalue weighted by molar-refractivity contribution is 6.42. The van der Waals surface area contributed by atoms with Crippen molar-refractivity contribution in [1.29, 1.82) is 0 Å². The average Bonchev–Trinajstić information content (AvgIpc) is 2.30. The second-order valence-electron chi connectivity index (χ2n) is 2.95. The number of hydrogen-bond acceptors (Lipinski definition) is 5. The molecule has 2 aromatic heterocycles. The first-order valence-electron chi connectivity index (χ1n) is 4.43. The molecule has 0 aliphatic heterocycles. The van der Waals surface area contributed by atoms with Gasteiger partial charge < -0.3 is 15.3 Å².